The van der Waals surface area contributed by atoms with Gasteiger partial charge in [-0.1, -0.05) is 11.6 Å². The molecule has 0 amide bonds. The highest BCUT2D eigenvalue weighted by Gasteiger charge is 2.32. The van der Waals surface area contributed by atoms with E-state index < -0.39 is 28.8 Å². The minimum atomic E-state index is -5.04. The first kappa shape index (κ1) is 11.0. The number of rotatable bonds is 1. The van der Waals surface area contributed by atoms with Crippen LogP contribution in [0.15, 0.2) is 12.1 Å². The fourth-order valence-corrected chi connectivity index (χ4v) is 0.879. The van der Waals surface area contributed by atoms with E-state index in [1.807, 2.05) is 0 Å². The van der Waals surface area contributed by atoms with Crippen molar-refractivity contribution in [1.82, 2.24) is 0 Å². The number of halogens is 6. The third-order valence-electron chi connectivity index (χ3n) is 1.19. The van der Waals surface area contributed by atoms with Crippen LogP contribution in [0.2, 0.25) is 5.02 Å². The lowest BCUT2D eigenvalue weighted by atomic mass is 10.3. The number of alkyl halides is 3. The maximum absolute atomic E-state index is 12.6. The second kappa shape index (κ2) is 3.61. The van der Waals surface area contributed by atoms with Crippen molar-refractivity contribution < 1.29 is 26.7 Å². The highest BCUT2D eigenvalue weighted by molar-refractivity contribution is 6.32. The summed E-state index contributed by atoms with van der Waals surface area (Å²) in [4.78, 5) is 0. The quantitative estimate of drug-likeness (QED) is 0.532. The van der Waals surface area contributed by atoms with Gasteiger partial charge in [-0.05, 0) is 0 Å². The molecule has 1 aromatic carbocycles. The van der Waals surface area contributed by atoms with Crippen LogP contribution in [-0.2, 0) is 0 Å². The number of ether oxygens (including phenoxy) is 1. The molecular weight excluding hydrogens is 231 g/mol. The minimum Gasteiger partial charge on any atom is -0.404 e. The zero-order valence-electron chi connectivity index (χ0n) is 6.33. The molecule has 1 nitrogen and oxygen atoms in total. The Hall–Kier alpha value is -1.04. The van der Waals surface area contributed by atoms with Gasteiger partial charge in [-0.15, -0.1) is 13.2 Å². The molecule has 0 saturated carbocycles. The minimum absolute atomic E-state index is 0.346. The van der Waals surface area contributed by atoms with Gasteiger partial charge < -0.3 is 4.74 Å². The lowest BCUT2D eigenvalue weighted by Crippen LogP contribution is -2.17. The molecule has 0 radical (unpaired) electrons. The molecule has 1 aromatic rings. The van der Waals surface area contributed by atoms with Gasteiger partial charge in [0, 0.05) is 12.1 Å². The summed E-state index contributed by atoms with van der Waals surface area (Å²) in [6, 6.07) is 0.699. The van der Waals surface area contributed by atoms with Crippen LogP contribution in [0, 0.1) is 11.6 Å². The standard InChI is InChI=1S/C7H2ClF5O/c8-6-4(10)1-3(9)2-5(6)14-7(11,12)13/h1-2H. The number of hydrogen-bond donors (Lipinski definition) is 0. The topological polar surface area (TPSA) is 9.23 Å². The van der Waals surface area contributed by atoms with Crippen LogP contribution in [0.1, 0.15) is 0 Å². The number of hydrogen-bond acceptors (Lipinski definition) is 1. The largest absolute Gasteiger partial charge is 0.573 e. The molecule has 0 aliphatic heterocycles. The van der Waals surface area contributed by atoms with E-state index in [9.17, 15) is 22.0 Å². The van der Waals surface area contributed by atoms with Gasteiger partial charge in [-0.2, -0.15) is 0 Å². The summed E-state index contributed by atoms with van der Waals surface area (Å²) in [5.41, 5.74) is 0. The average Bonchev–Trinajstić information content (AvgIpc) is 1.96. The first-order valence-corrected chi connectivity index (χ1v) is 3.57. The third-order valence-corrected chi connectivity index (χ3v) is 1.55. The number of benzene rings is 1. The van der Waals surface area contributed by atoms with E-state index >= 15 is 0 Å². The first-order valence-electron chi connectivity index (χ1n) is 3.20. The predicted molar refractivity (Wildman–Crippen MR) is 38.1 cm³/mol. The smallest absolute Gasteiger partial charge is 0.404 e. The Bertz CT molecular complexity index is 349. The highest BCUT2D eigenvalue weighted by atomic mass is 35.5. The zero-order valence-corrected chi connectivity index (χ0v) is 7.09. The van der Waals surface area contributed by atoms with E-state index in [4.69, 9.17) is 11.6 Å². The van der Waals surface area contributed by atoms with Crippen molar-refractivity contribution in [2.45, 2.75) is 6.36 Å². The molecule has 14 heavy (non-hydrogen) atoms. The van der Waals surface area contributed by atoms with Crippen molar-refractivity contribution in [2.24, 2.45) is 0 Å². The second-order valence-corrected chi connectivity index (χ2v) is 2.63. The Morgan fingerprint density at radius 1 is 1.14 bits per heavy atom. The van der Waals surface area contributed by atoms with Gasteiger partial charge in [0.1, 0.15) is 16.7 Å². The highest BCUT2D eigenvalue weighted by Crippen LogP contribution is 2.32. The first-order chi connectivity index (χ1) is 6.29. The van der Waals surface area contributed by atoms with Crippen LogP contribution in [-0.4, -0.2) is 6.36 Å². The molecule has 0 atom stereocenters. The second-order valence-electron chi connectivity index (χ2n) is 2.25. The molecule has 0 bridgehead atoms. The van der Waals surface area contributed by atoms with Crippen LogP contribution in [0.25, 0.3) is 0 Å². The van der Waals surface area contributed by atoms with Gasteiger partial charge in [0.2, 0.25) is 0 Å². The predicted octanol–water partition coefficient (Wildman–Crippen LogP) is 3.52. The summed E-state index contributed by atoms with van der Waals surface area (Å²) in [6.45, 7) is 0. The van der Waals surface area contributed by atoms with Crippen LogP contribution in [0.5, 0.6) is 5.75 Å². The molecule has 0 aliphatic carbocycles. The molecule has 0 spiro atoms. The Morgan fingerprint density at radius 3 is 2.21 bits per heavy atom. The maximum atomic E-state index is 12.6. The normalized spacial score (nSPS) is 11.6. The summed E-state index contributed by atoms with van der Waals surface area (Å²) in [7, 11) is 0. The summed E-state index contributed by atoms with van der Waals surface area (Å²) < 4.78 is 63.3. The van der Waals surface area contributed by atoms with Crippen molar-refractivity contribution >= 4 is 11.6 Å². The van der Waals surface area contributed by atoms with Crippen molar-refractivity contribution in [3.8, 4) is 5.75 Å². The molecule has 78 valence electrons. The van der Waals surface area contributed by atoms with Crippen molar-refractivity contribution in [3.63, 3.8) is 0 Å². The average molecular weight is 233 g/mol. The van der Waals surface area contributed by atoms with Crippen molar-refractivity contribution in [3.05, 3.63) is 28.8 Å². The molecule has 7 heteroatoms. The van der Waals surface area contributed by atoms with Crippen LogP contribution < -0.4 is 4.74 Å². The molecule has 0 N–H and O–H groups in total. The van der Waals surface area contributed by atoms with Gasteiger partial charge in [-0.3, -0.25) is 0 Å². The maximum Gasteiger partial charge on any atom is 0.573 e. The van der Waals surface area contributed by atoms with E-state index in [-0.39, 0.29) is 0 Å². The fourth-order valence-electron chi connectivity index (χ4n) is 0.731. The van der Waals surface area contributed by atoms with Crippen LogP contribution >= 0.6 is 11.6 Å². The van der Waals surface area contributed by atoms with Gasteiger partial charge in [0.05, 0.1) is 0 Å². The summed E-state index contributed by atoms with van der Waals surface area (Å²) in [5, 5.41) is -0.913. The molecular formula is C7H2ClF5O. The molecule has 0 saturated heterocycles. The summed E-state index contributed by atoms with van der Waals surface area (Å²) in [5.74, 6) is -3.62. The SMILES string of the molecule is Fc1cc(F)c(Cl)c(OC(F)(F)F)c1. The molecule has 0 fully saturated rings. The summed E-state index contributed by atoms with van der Waals surface area (Å²) in [6.07, 6.45) is -5.04. The Labute approximate surface area is 80.0 Å². The van der Waals surface area contributed by atoms with Gasteiger partial charge in [0.15, 0.2) is 5.75 Å². The Kier molecular flexibility index (Phi) is 2.84. The van der Waals surface area contributed by atoms with E-state index in [1.165, 1.54) is 0 Å². The van der Waals surface area contributed by atoms with E-state index in [0.29, 0.717) is 12.1 Å². The molecule has 0 unspecified atom stereocenters. The van der Waals surface area contributed by atoms with E-state index in [1.54, 1.807) is 0 Å². The molecule has 0 heterocycles. The van der Waals surface area contributed by atoms with E-state index in [2.05, 4.69) is 4.74 Å². The van der Waals surface area contributed by atoms with Gasteiger partial charge in [-0.25, -0.2) is 8.78 Å². The Balaban J connectivity index is 3.09. The third kappa shape index (κ3) is 2.73. The fraction of sp³-hybridized carbons (Fsp3) is 0.143. The lowest BCUT2D eigenvalue weighted by molar-refractivity contribution is -0.274. The summed E-state index contributed by atoms with van der Waals surface area (Å²) >= 11 is 5.10. The van der Waals surface area contributed by atoms with Gasteiger partial charge in [0.25, 0.3) is 0 Å². The lowest BCUT2D eigenvalue weighted by Gasteiger charge is -2.10. The molecule has 1 rings (SSSR count). The zero-order chi connectivity index (χ0) is 10.9. The van der Waals surface area contributed by atoms with Crippen LogP contribution in [0.3, 0.4) is 0 Å². The molecule has 0 aromatic heterocycles. The Morgan fingerprint density at radius 2 is 1.71 bits per heavy atom. The van der Waals surface area contributed by atoms with E-state index in [0.717, 1.165) is 0 Å². The van der Waals surface area contributed by atoms with Gasteiger partial charge >= 0.3 is 6.36 Å². The van der Waals surface area contributed by atoms with Crippen molar-refractivity contribution in [1.29, 1.82) is 0 Å². The van der Waals surface area contributed by atoms with Crippen LogP contribution in [0.4, 0.5) is 22.0 Å². The van der Waals surface area contributed by atoms with Crippen molar-refractivity contribution in [2.75, 3.05) is 0 Å². The monoisotopic (exact) mass is 232 g/mol. The molecule has 0 aliphatic rings.